The van der Waals surface area contributed by atoms with Crippen LogP contribution in [0.15, 0.2) is 53.0 Å². The van der Waals surface area contributed by atoms with Crippen molar-refractivity contribution in [2.24, 2.45) is 5.73 Å². The van der Waals surface area contributed by atoms with Crippen molar-refractivity contribution in [2.45, 2.75) is 19.3 Å². The van der Waals surface area contributed by atoms with Gasteiger partial charge in [-0.15, -0.1) is 0 Å². The highest BCUT2D eigenvalue weighted by Gasteiger charge is 2.19. The number of ether oxygens (including phenoxy) is 1. The SMILES string of the molecule is COc1cc2ccccc2cc1-c1[nH]c2c(Br)cc(Cl)cc2c1CCCCN. The molecule has 4 aromatic rings. The summed E-state index contributed by atoms with van der Waals surface area (Å²) in [6.07, 6.45) is 2.94. The summed E-state index contributed by atoms with van der Waals surface area (Å²) in [7, 11) is 1.72. The summed E-state index contributed by atoms with van der Waals surface area (Å²) in [5.41, 5.74) is 10.2. The highest BCUT2D eigenvalue weighted by atomic mass is 79.9. The number of benzene rings is 3. The third kappa shape index (κ3) is 3.52. The molecule has 0 bridgehead atoms. The van der Waals surface area contributed by atoms with Crippen LogP contribution in [0.3, 0.4) is 0 Å². The zero-order chi connectivity index (χ0) is 19.7. The van der Waals surface area contributed by atoms with Crippen molar-refractivity contribution in [3.63, 3.8) is 0 Å². The number of rotatable bonds is 6. The Morgan fingerprint density at radius 3 is 2.54 bits per heavy atom. The number of halogens is 2. The fourth-order valence-electron chi connectivity index (χ4n) is 3.79. The largest absolute Gasteiger partial charge is 0.496 e. The van der Waals surface area contributed by atoms with E-state index in [2.05, 4.69) is 51.2 Å². The average molecular weight is 458 g/mol. The van der Waals surface area contributed by atoms with Gasteiger partial charge in [-0.1, -0.05) is 35.9 Å². The maximum Gasteiger partial charge on any atom is 0.128 e. The number of hydrogen-bond donors (Lipinski definition) is 2. The molecule has 0 fully saturated rings. The Hall–Kier alpha value is -2.01. The molecule has 0 saturated carbocycles. The van der Waals surface area contributed by atoms with E-state index >= 15 is 0 Å². The molecule has 5 heteroatoms. The quantitative estimate of drug-likeness (QED) is 0.317. The predicted molar refractivity (Wildman–Crippen MR) is 122 cm³/mol. The molecule has 144 valence electrons. The normalized spacial score (nSPS) is 11.4. The molecule has 4 rings (SSSR count). The first-order valence-electron chi connectivity index (χ1n) is 9.39. The van der Waals surface area contributed by atoms with Crippen LogP contribution in [0, 0.1) is 0 Å². The van der Waals surface area contributed by atoms with E-state index in [1.54, 1.807) is 7.11 Å². The predicted octanol–water partition coefficient (Wildman–Crippen LogP) is 6.69. The van der Waals surface area contributed by atoms with E-state index in [-0.39, 0.29) is 0 Å². The maximum atomic E-state index is 6.36. The second-order valence-electron chi connectivity index (χ2n) is 6.93. The zero-order valence-electron chi connectivity index (χ0n) is 15.7. The van der Waals surface area contributed by atoms with Crippen LogP contribution in [0.2, 0.25) is 5.02 Å². The fraction of sp³-hybridized carbons (Fsp3) is 0.217. The highest BCUT2D eigenvalue weighted by Crippen LogP contribution is 2.41. The molecule has 3 nitrogen and oxygen atoms in total. The third-order valence-electron chi connectivity index (χ3n) is 5.15. The van der Waals surface area contributed by atoms with Crippen LogP contribution >= 0.6 is 27.5 Å². The van der Waals surface area contributed by atoms with Crippen molar-refractivity contribution >= 4 is 49.2 Å². The van der Waals surface area contributed by atoms with Crippen LogP contribution in [0.1, 0.15) is 18.4 Å². The van der Waals surface area contributed by atoms with Crippen molar-refractivity contribution in [1.82, 2.24) is 4.98 Å². The molecule has 1 heterocycles. The Morgan fingerprint density at radius 2 is 1.82 bits per heavy atom. The summed E-state index contributed by atoms with van der Waals surface area (Å²) in [6, 6.07) is 16.6. The van der Waals surface area contributed by atoms with Crippen molar-refractivity contribution in [2.75, 3.05) is 13.7 Å². The Balaban J connectivity index is 1.98. The van der Waals surface area contributed by atoms with Gasteiger partial charge in [-0.3, -0.25) is 0 Å². The zero-order valence-corrected chi connectivity index (χ0v) is 18.0. The Labute approximate surface area is 178 Å². The number of methoxy groups -OCH3 is 1. The molecule has 0 aliphatic carbocycles. The first-order valence-corrected chi connectivity index (χ1v) is 10.6. The monoisotopic (exact) mass is 456 g/mol. The van der Waals surface area contributed by atoms with E-state index in [4.69, 9.17) is 22.1 Å². The molecular formula is C23H22BrClN2O. The highest BCUT2D eigenvalue weighted by molar-refractivity contribution is 9.10. The van der Waals surface area contributed by atoms with Crippen LogP contribution in [-0.2, 0) is 6.42 Å². The molecular weight excluding hydrogens is 436 g/mol. The summed E-state index contributed by atoms with van der Waals surface area (Å²) >= 11 is 10.0. The summed E-state index contributed by atoms with van der Waals surface area (Å²) in [4.78, 5) is 3.63. The number of aromatic nitrogens is 1. The molecule has 3 aromatic carbocycles. The van der Waals surface area contributed by atoms with Gasteiger partial charge in [0, 0.05) is 20.4 Å². The van der Waals surface area contributed by atoms with Gasteiger partial charge < -0.3 is 15.5 Å². The summed E-state index contributed by atoms with van der Waals surface area (Å²) < 4.78 is 6.72. The molecule has 28 heavy (non-hydrogen) atoms. The van der Waals surface area contributed by atoms with Gasteiger partial charge in [0.2, 0.25) is 0 Å². The fourth-order valence-corrected chi connectivity index (χ4v) is 4.70. The molecule has 0 aliphatic rings. The smallest absolute Gasteiger partial charge is 0.128 e. The second-order valence-corrected chi connectivity index (χ2v) is 8.22. The lowest BCUT2D eigenvalue weighted by Gasteiger charge is -2.12. The molecule has 0 radical (unpaired) electrons. The minimum absolute atomic E-state index is 0.696. The number of unbranched alkanes of at least 4 members (excludes halogenated alkanes) is 1. The standard InChI is InChI=1S/C23H22BrClN2O/c1-28-21-11-15-7-3-2-6-14(15)10-19(21)22-17(8-4-5-9-26)18-12-16(25)13-20(24)23(18)27-22/h2-3,6-7,10-13,27H,4-5,8-9,26H2,1H3. The molecule has 0 spiro atoms. The van der Waals surface area contributed by atoms with Crippen LogP contribution in [0.5, 0.6) is 5.75 Å². The van der Waals surface area contributed by atoms with Gasteiger partial charge >= 0.3 is 0 Å². The molecule has 0 atom stereocenters. The van der Waals surface area contributed by atoms with Crippen LogP contribution in [0.25, 0.3) is 32.9 Å². The van der Waals surface area contributed by atoms with E-state index in [0.29, 0.717) is 6.54 Å². The van der Waals surface area contributed by atoms with E-state index in [9.17, 15) is 0 Å². The van der Waals surface area contributed by atoms with Gasteiger partial charge in [-0.25, -0.2) is 0 Å². The van der Waals surface area contributed by atoms with Crippen LogP contribution in [-0.4, -0.2) is 18.6 Å². The van der Waals surface area contributed by atoms with Gasteiger partial charge in [0.05, 0.1) is 18.3 Å². The van der Waals surface area contributed by atoms with Crippen molar-refractivity contribution in [3.8, 4) is 17.0 Å². The molecule has 0 amide bonds. The summed E-state index contributed by atoms with van der Waals surface area (Å²) in [6.45, 7) is 0.696. The minimum Gasteiger partial charge on any atom is -0.496 e. The lowest BCUT2D eigenvalue weighted by Crippen LogP contribution is -1.99. The van der Waals surface area contributed by atoms with Crippen LogP contribution < -0.4 is 10.5 Å². The molecule has 1 aromatic heterocycles. The molecule has 0 aliphatic heterocycles. The number of aryl methyl sites for hydroxylation is 1. The third-order valence-corrected chi connectivity index (χ3v) is 5.99. The number of nitrogens with two attached hydrogens (primary N) is 1. The number of hydrogen-bond acceptors (Lipinski definition) is 2. The first-order chi connectivity index (χ1) is 13.6. The van der Waals surface area contributed by atoms with Gasteiger partial charge in [-0.2, -0.15) is 0 Å². The molecule has 3 N–H and O–H groups in total. The number of H-pyrrole nitrogens is 1. The van der Waals surface area contributed by atoms with Crippen molar-refractivity contribution in [3.05, 3.63) is 63.6 Å². The van der Waals surface area contributed by atoms with Gasteiger partial charge in [0.25, 0.3) is 0 Å². The van der Waals surface area contributed by atoms with Crippen molar-refractivity contribution in [1.29, 1.82) is 0 Å². The lowest BCUT2D eigenvalue weighted by molar-refractivity contribution is 0.417. The van der Waals surface area contributed by atoms with E-state index in [1.165, 1.54) is 10.9 Å². The Bertz CT molecular complexity index is 1150. The second kappa shape index (κ2) is 8.16. The average Bonchev–Trinajstić information content (AvgIpc) is 3.06. The van der Waals surface area contributed by atoms with Gasteiger partial charge in [-0.05, 0) is 82.3 Å². The lowest BCUT2D eigenvalue weighted by atomic mass is 9.97. The molecule has 0 unspecified atom stereocenters. The first kappa shape index (κ1) is 19.3. The Kier molecular flexibility index (Phi) is 5.63. The minimum atomic E-state index is 0.696. The summed E-state index contributed by atoms with van der Waals surface area (Å²) in [5, 5.41) is 4.20. The van der Waals surface area contributed by atoms with E-state index in [1.807, 2.05) is 18.2 Å². The van der Waals surface area contributed by atoms with Crippen LogP contribution in [0.4, 0.5) is 0 Å². The summed E-state index contributed by atoms with van der Waals surface area (Å²) in [5.74, 6) is 0.854. The van der Waals surface area contributed by atoms with Crippen molar-refractivity contribution < 1.29 is 4.74 Å². The topological polar surface area (TPSA) is 51.0 Å². The van der Waals surface area contributed by atoms with Gasteiger partial charge in [0.1, 0.15) is 5.75 Å². The van der Waals surface area contributed by atoms with E-state index in [0.717, 1.165) is 62.1 Å². The van der Waals surface area contributed by atoms with Gasteiger partial charge in [0.15, 0.2) is 0 Å². The number of aromatic amines is 1. The number of fused-ring (bicyclic) bond motifs is 2. The Morgan fingerprint density at radius 1 is 1.07 bits per heavy atom. The number of nitrogens with one attached hydrogen (secondary N) is 1. The molecule has 0 saturated heterocycles. The van der Waals surface area contributed by atoms with E-state index < -0.39 is 0 Å². The maximum absolute atomic E-state index is 6.36.